The average Bonchev–Trinajstić information content (AvgIpc) is 2.28. The molecule has 0 amide bonds. The molecule has 2 heterocycles. The van der Waals surface area contributed by atoms with E-state index in [4.69, 9.17) is 5.73 Å². The quantitative estimate of drug-likeness (QED) is 0.568. The third-order valence-corrected chi connectivity index (χ3v) is 2.52. The predicted octanol–water partition coefficient (Wildman–Crippen LogP) is 1.19. The average molecular weight is 230 g/mol. The standard InChI is InChI=1S/C11H7FN4O/c12-5-1-2-8-6(3-5)9-7(4-14-8)10(17)16-11(13)15-9/h1-4H,(H3,13,15,16,17). The van der Waals surface area contributed by atoms with E-state index in [0.717, 1.165) is 0 Å². The number of halogens is 1. The molecule has 0 fully saturated rings. The molecule has 5 nitrogen and oxygen atoms in total. The second-order valence-electron chi connectivity index (χ2n) is 3.63. The minimum absolute atomic E-state index is 0.000684. The largest absolute Gasteiger partial charge is 0.369 e. The Balaban J connectivity index is 2.62. The van der Waals surface area contributed by atoms with E-state index in [0.29, 0.717) is 16.4 Å². The summed E-state index contributed by atoms with van der Waals surface area (Å²) in [5.41, 5.74) is 6.01. The molecule has 0 unspecified atom stereocenters. The zero-order valence-corrected chi connectivity index (χ0v) is 8.57. The molecule has 0 atom stereocenters. The molecule has 0 aliphatic rings. The molecular weight excluding hydrogens is 223 g/mol. The molecule has 3 aromatic rings. The SMILES string of the molecule is Nc1nc2c(cnc3ccc(F)cc32)c(=O)[nH]1. The van der Waals surface area contributed by atoms with Crippen molar-refractivity contribution >= 4 is 27.8 Å². The van der Waals surface area contributed by atoms with Gasteiger partial charge in [-0.15, -0.1) is 0 Å². The van der Waals surface area contributed by atoms with Gasteiger partial charge >= 0.3 is 0 Å². The fraction of sp³-hybridized carbons (Fsp3) is 0. The van der Waals surface area contributed by atoms with Gasteiger partial charge in [0.15, 0.2) is 0 Å². The summed E-state index contributed by atoms with van der Waals surface area (Å²) in [5, 5.41) is 0.762. The molecule has 0 bridgehead atoms. The lowest BCUT2D eigenvalue weighted by Crippen LogP contribution is -2.11. The van der Waals surface area contributed by atoms with E-state index in [2.05, 4.69) is 15.0 Å². The minimum atomic E-state index is -0.410. The monoisotopic (exact) mass is 230 g/mol. The van der Waals surface area contributed by atoms with E-state index >= 15 is 0 Å². The summed E-state index contributed by atoms with van der Waals surface area (Å²) in [6.07, 6.45) is 1.40. The highest BCUT2D eigenvalue weighted by atomic mass is 19.1. The second kappa shape index (κ2) is 3.24. The van der Waals surface area contributed by atoms with Crippen molar-refractivity contribution in [1.29, 1.82) is 0 Å². The van der Waals surface area contributed by atoms with Crippen molar-refractivity contribution in [2.75, 3.05) is 5.73 Å². The molecule has 0 saturated heterocycles. The molecule has 17 heavy (non-hydrogen) atoms. The van der Waals surface area contributed by atoms with Crippen molar-refractivity contribution in [3.05, 3.63) is 40.6 Å². The molecule has 6 heteroatoms. The summed E-state index contributed by atoms with van der Waals surface area (Å²) >= 11 is 0. The van der Waals surface area contributed by atoms with Gasteiger partial charge in [0, 0.05) is 11.6 Å². The fourth-order valence-electron chi connectivity index (χ4n) is 1.77. The smallest absolute Gasteiger partial charge is 0.261 e. The second-order valence-corrected chi connectivity index (χ2v) is 3.63. The highest BCUT2D eigenvalue weighted by molar-refractivity contribution is 6.02. The van der Waals surface area contributed by atoms with Gasteiger partial charge in [-0.05, 0) is 18.2 Å². The number of benzene rings is 1. The molecule has 0 aliphatic heterocycles. The summed E-state index contributed by atoms with van der Waals surface area (Å²) in [6, 6.07) is 4.12. The number of nitrogens with zero attached hydrogens (tertiary/aromatic N) is 2. The molecule has 1 aromatic carbocycles. The van der Waals surface area contributed by atoms with E-state index in [1.807, 2.05) is 0 Å². The highest BCUT2D eigenvalue weighted by Gasteiger charge is 2.08. The molecule has 2 aromatic heterocycles. The fourth-order valence-corrected chi connectivity index (χ4v) is 1.77. The van der Waals surface area contributed by atoms with Gasteiger partial charge in [0.25, 0.3) is 5.56 Å². The first-order valence-electron chi connectivity index (χ1n) is 4.89. The summed E-state index contributed by atoms with van der Waals surface area (Å²) in [4.78, 5) is 22.1. The van der Waals surface area contributed by atoms with Crippen molar-refractivity contribution in [2.45, 2.75) is 0 Å². The molecule has 0 radical (unpaired) electrons. The first kappa shape index (κ1) is 9.71. The van der Waals surface area contributed by atoms with Gasteiger partial charge in [-0.2, -0.15) is 0 Å². The molecular formula is C11H7FN4O. The Bertz CT molecular complexity index is 796. The van der Waals surface area contributed by atoms with Gasteiger partial charge in [0.2, 0.25) is 5.95 Å². The molecule has 84 valence electrons. The predicted molar refractivity (Wildman–Crippen MR) is 62.0 cm³/mol. The third kappa shape index (κ3) is 1.42. The van der Waals surface area contributed by atoms with E-state index in [1.165, 1.54) is 24.4 Å². The van der Waals surface area contributed by atoms with E-state index in [1.54, 1.807) is 0 Å². The van der Waals surface area contributed by atoms with E-state index in [-0.39, 0.29) is 16.9 Å². The van der Waals surface area contributed by atoms with Gasteiger partial charge in [-0.3, -0.25) is 14.8 Å². The molecule has 0 aliphatic carbocycles. The van der Waals surface area contributed by atoms with Crippen LogP contribution in [0, 0.1) is 5.82 Å². The maximum atomic E-state index is 13.2. The number of pyridine rings is 1. The first-order chi connectivity index (χ1) is 8.15. The number of fused-ring (bicyclic) bond motifs is 3. The van der Waals surface area contributed by atoms with E-state index < -0.39 is 5.82 Å². The lowest BCUT2D eigenvalue weighted by Gasteiger charge is -2.02. The van der Waals surface area contributed by atoms with Crippen molar-refractivity contribution in [1.82, 2.24) is 15.0 Å². The summed E-state index contributed by atoms with van der Waals surface area (Å²) in [6.45, 7) is 0. The van der Waals surface area contributed by atoms with Crippen LogP contribution in [0.2, 0.25) is 0 Å². The van der Waals surface area contributed by atoms with Crippen LogP contribution in [0.1, 0.15) is 0 Å². The maximum Gasteiger partial charge on any atom is 0.261 e. The van der Waals surface area contributed by atoms with Gasteiger partial charge in [-0.25, -0.2) is 9.37 Å². The van der Waals surface area contributed by atoms with Crippen molar-refractivity contribution < 1.29 is 4.39 Å². The Morgan fingerprint density at radius 1 is 1.29 bits per heavy atom. The van der Waals surface area contributed by atoms with Crippen molar-refractivity contribution in [3.63, 3.8) is 0 Å². The Labute approximate surface area is 94.1 Å². The number of H-pyrrole nitrogens is 1. The van der Waals surface area contributed by atoms with E-state index in [9.17, 15) is 9.18 Å². The number of anilines is 1. The van der Waals surface area contributed by atoms with Crippen LogP contribution in [0.3, 0.4) is 0 Å². The number of hydrogen-bond acceptors (Lipinski definition) is 4. The topological polar surface area (TPSA) is 84.7 Å². The van der Waals surface area contributed by atoms with Crippen LogP contribution in [0.5, 0.6) is 0 Å². The van der Waals surface area contributed by atoms with Gasteiger partial charge in [0.1, 0.15) is 5.82 Å². The minimum Gasteiger partial charge on any atom is -0.369 e. The lowest BCUT2D eigenvalue weighted by molar-refractivity contribution is 0.629. The molecule has 3 N–H and O–H groups in total. The third-order valence-electron chi connectivity index (χ3n) is 2.52. The molecule has 0 spiro atoms. The number of aromatic amines is 1. The van der Waals surface area contributed by atoms with Crippen molar-refractivity contribution in [2.24, 2.45) is 0 Å². The van der Waals surface area contributed by atoms with Gasteiger partial charge < -0.3 is 5.73 Å². The Kier molecular flexibility index (Phi) is 1.85. The number of nitrogens with two attached hydrogens (primary N) is 1. The number of nitrogen functional groups attached to an aromatic ring is 1. The Morgan fingerprint density at radius 3 is 2.94 bits per heavy atom. The van der Waals surface area contributed by atoms with Crippen LogP contribution in [0.25, 0.3) is 21.8 Å². The summed E-state index contributed by atoms with van der Waals surface area (Å²) in [5.74, 6) is -0.410. The first-order valence-corrected chi connectivity index (χ1v) is 4.89. The number of aromatic nitrogens is 3. The zero-order valence-electron chi connectivity index (χ0n) is 8.57. The van der Waals surface area contributed by atoms with Crippen LogP contribution in [-0.4, -0.2) is 15.0 Å². The summed E-state index contributed by atoms with van der Waals surface area (Å²) < 4.78 is 13.2. The van der Waals surface area contributed by atoms with Gasteiger partial charge in [0.05, 0.1) is 16.4 Å². The number of nitrogens with one attached hydrogen (secondary N) is 1. The van der Waals surface area contributed by atoms with Crippen LogP contribution in [0.4, 0.5) is 10.3 Å². The normalized spacial score (nSPS) is 11.1. The Morgan fingerprint density at radius 2 is 2.12 bits per heavy atom. The number of hydrogen-bond donors (Lipinski definition) is 2. The Hall–Kier alpha value is -2.50. The van der Waals surface area contributed by atoms with Crippen LogP contribution >= 0.6 is 0 Å². The zero-order chi connectivity index (χ0) is 12.0. The van der Waals surface area contributed by atoms with Crippen LogP contribution in [-0.2, 0) is 0 Å². The van der Waals surface area contributed by atoms with Crippen LogP contribution < -0.4 is 11.3 Å². The molecule has 0 saturated carbocycles. The lowest BCUT2D eigenvalue weighted by atomic mass is 10.1. The van der Waals surface area contributed by atoms with Gasteiger partial charge in [-0.1, -0.05) is 0 Å². The van der Waals surface area contributed by atoms with Crippen LogP contribution in [0.15, 0.2) is 29.2 Å². The number of rotatable bonds is 0. The summed E-state index contributed by atoms with van der Waals surface area (Å²) in [7, 11) is 0. The molecule has 3 rings (SSSR count). The highest BCUT2D eigenvalue weighted by Crippen LogP contribution is 2.20. The maximum absolute atomic E-state index is 13.2. The van der Waals surface area contributed by atoms with Crippen molar-refractivity contribution in [3.8, 4) is 0 Å².